The summed E-state index contributed by atoms with van der Waals surface area (Å²) in [5.41, 5.74) is 3.45. The maximum atomic E-state index is 12.5. The van der Waals surface area contributed by atoms with E-state index in [2.05, 4.69) is 5.32 Å². The smallest absolute Gasteiger partial charge is 0.351 e. The number of para-hydroxylation sites is 1. The molecular weight excluding hydrogens is 237 g/mol. The van der Waals surface area contributed by atoms with Gasteiger partial charge >= 0.3 is 12.2 Å². The molecular formula is C9H9F3N4O. The Bertz CT molecular complexity index is 444. The predicted molar refractivity (Wildman–Crippen MR) is 55.5 cm³/mol. The number of guanidine groups is 1. The van der Waals surface area contributed by atoms with Crippen LogP contribution in [0.5, 0.6) is 0 Å². The summed E-state index contributed by atoms with van der Waals surface area (Å²) >= 11 is 0. The Morgan fingerprint density at radius 3 is 2.41 bits per heavy atom. The van der Waals surface area contributed by atoms with Crippen LogP contribution in [0, 0.1) is 5.41 Å². The van der Waals surface area contributed by atoms with Crippen molar-refractivity contribution in [2.45, 2.75) is 6.18 Å². The Morgan fingerprint density at radius 2 is 1.88 bits per heavy atom. The molecule has 1 aromatic carbocycles. The lowest BCUT2D eigenvalue weighted by Crippen LogP contribution is -2.39. The van der Waals surface area contributed by atoms with Crippen molar-refractivity contribution < 1.29 is 18.0 Å². The van der Waals surface area contributed by atoms with Gasteiger partial charge in [-0.3, -0.25) is 10.7 Å². The monoisotopic (exact) mass is 246 g/mol. The van der Waals surface area contributed by atoms with Gasteiger partial charge in [-0.2, -0.15) is 13.2 Å². The number of nitrogens with one attached hydrogen (secondary N) is 3. The van der Waals surface area contributed by atoms with E-state index in [1.54, 1.807) is 0 Å². The zero-order chi connectivity index (χ0) is 13.1. The number of benzene rings is 1. The van der Waals surface area contributed by atoms with E-state index in [9.17, 15) is 18.0 Å². The standard InChI is InChI=1S/C9H9F3N4O/c10-9(11,12)5-3-1-2-4-6(5)15-7(13)16-8(14)17/h1-4H,(H5,13,14,15,16,17). The van der Waals surface area contributed by atoms with Gasteiger partial charge in [0.1, 0.15) is 0 Å². The van der Waals surface area contributed by atoms with Crippen LogP contribution in [0.2, 0.25) is 0 Å². The van der Waals surface area contributed by atoms with E-state index >= 15 is 0 Å². The molecule has 0 aromatic heterocycles. The fraction of sp³-hybridized carbons (Fsp3) is 0.111. The van der Waals surface area contributed by atoms with Crippen molar-refractivity contribution in [1.29, 1.82) is 5.41 Å². The van der Waals surface area contributed by atoms with Crippen LogP contribution in [0.15, 0.2) is 24.3 Å². The van der Waals surface area contributed by atoms with Gasteiger partial charge in [0.05, 0.1) is 11.3 Å². The summed E-state index contributed by atoms with van der Waals surface area (Å²) in [6, 6.07) is 3.56. The highest BCUT2D eigenvalue weighted by Gasteiger charge is 2.33. The average Bonchev–Trinajstić information content (AvgIpc) is 2.15. The molecule has 0 spiro atoms. The highest BCUT2D eigenvalue weighted by Crippen LogP contribution is 2.34. The first-order chi connectivity index (χ1) is 7.80. The van der Waals surface area contributed by atoms with E-state index in [-0.39, 0.29) is 5.69 Å². The van der Waals surface area contributed by atoms with Crippen molar-refractivity contribution >= 4 is 17.7 Å². The molecule has 0 radical (unpaired) electrons. The lowest BCUT2D eigenvalue weighted by molar-refractivity contribution is -0.136. The van der Waals surface area contributed by atoms with E-state index in [1.165, 1.54) is 12.1 Å². The molecule has 0 heterocycles. The molecule has 1 rings (SSSR count). The average molecular weight is 246 g/mol. The molecule has 0 aliphatic carbocycles. The third kappa shape index (κ3) is 3.67. The van der Waals surface area contributed by atoms with E-state index in [1.807, 2.05) is 5.32 Å². The van der Waals surface area contributed by atoms with Gasteiger partial charge in [0.25, 0.3) is 0 Å². The fourth-order valence-corrected chi connectivity index (χ4v) is 1.13. The van der Waals surface area contributed by atoms with Gasteiger partial charge in [0, 0.05) is 0 Å². The SMILES string of the molecule is N=C(NC(N)=O)Nc1ccccc1C(F)(F)F. The minimum absolute atomic E-state index is 0.334. The highest BCUT2D eigenvalue weighted by atomic mass is 19.4. The number of carbonyl (C=O) groups is 1. The second kappa shape index (κ2) is 4.73. The molecule has 5 nitrogen and oxygen atoms in total. The normalized spacial score (nSPS) is 10.8. The molecule has 0 unspecified atom stereocenters. The Kier molecular flexibility index (Phi) is 3.56. The lowest BCUT2D eigenvalue weighted by atomic mass is 10.1. The predicted octanol–water partition coefficient (Wildman–Crippen LogP) is 1.72. The van der Waals surface area contributed by atoms with E-state index in [4.69, 9.17) is 11.1 Å². The number of nitrogens with two attached hydrogens (primary N) is 1. The van der Waals surface area contributed by atoms with Crippen molar-refractivity contribution in [3.63, 3.8) is 0 Å². The first-order valence-electron chi connectivity index (χ1n) is 4.39. The van der Waals surface area contributed by atoms with Gasteiger partial charge in [0.2, 0.25) is 5.96 Å². The minimum atomic E-state index is -4.55. The molecule has 1 aromatic rings. The molecule has 92 valence electrons. The zero-order valence-electron chi connectivity index (χ0n) is 8.43. The Morgan fingerprint density at radius 1 is 1.29 bits per heavy atom. The second-order valence-corrected chi connectivity index (χ2v) is 3.03. The number of halogens is 3. The molecule has 2 amide bonds. The van der Waals surface area contributed by atoms with Gasteiger partial charge in [-0.15, -0.1) is 0 Å². The van der Waals surface area contributed by atoms with Gasteiger partial charge in [-0.1, -0.05) is 12.1 Å². The molecule has 8 heteroatoms. The van der Waals surface area contributed by atoms with Crippen molar-refractivity contribution in [2.24, 2.45) is 5.73 Å². The van der Waals surface area contributed by atoms with E-state index in [0.717, 1.165) is 12.1 Å². The molecule has 0 saturated heterocycles. The van der Waals surface area contributed by atoms with Crippen LogP contribution < -0.4 is 16.4 Å². The molecule has 0 atom stereocenters. The van der Waals surface area contributed by atoms with Crippen molar-refractivity contribution in [3.05, 3.63) is 29.8 Å². The maximum Gasteiger partial charge on any atom is 0.418 e. The van der Waals surface area contributed by atoms with Crippen LogP contribution in [0.4, 0.5) is 23.7 Å². The van der Waals surface area contributed by atoms with Crippen molar-refractivity contribution in [1.82, 2.24) is 5.32 Å². The minimum Gasteiger partial charge on any atom is -0.351 e. The van der Waals surface area contributed by atoms with E-state index < -0.39 is 23.7 Å². The third-order valence-corrected chi connectivity index (χ3v) is 1.74. The zero-order valence-corrected chi connectivity index (χ0v) is 8.43. The fourth-order valence-electron chi connectivity index (χ4n) is 1.13. The molecule has 0 fully saturated rings. The van der Waals surface area contributed by atoms with E-state index in [0.29, 0.717) is 0 Å². The largest absolute Gasteiger partial charge is 0.418 e. The number of primary amides is 1. The first kappa shape index (κ1) is 12.8. The summed E-state index contributed by atoms with van der Waals surface area (Å²) in [5, 5.41) is 11.1. The molecule has 0 aliphatic heterocycles. The number of alkyl halides is 3. The molecule has 0 saturated carbocycles. The molecule has 0 bridgehead atoms. The Labute approximate surface area is 94.3 Å². The van der Waals surface area contributed by atoms with Crippen LogP contribution >= 0.6 is 0 Å². The number of anilines is 1. The summed E-state index contributed by atoms with van der Waals surface area (Å²) in [5.74, 6) is -0.630. The van der Waals surface area contributed by atoms with Crippen LogP contribution in [-0.2, 0) is 6.18 Å². The molecule has 17 heavy (non-hydrogen) atoms. The summed E-state index contributed by atoms with van der Waals surface area (Å²) in [6.45, 7) is 0. The molecule has 5 N–H and O–H groups in total. The Hall–Kier alpha value is -2.25. The second-order valence-electron chi connectivity index (χ2n) is 3.03. The summed E-state index contributed by atoms with van der Waals surface area (Å²) < 4.78 is 37.6. The van der Waals surface area contributed by atoms with Gasteiger partial charge in [-0.25, -0.2) is 4.79 Å². The number of hydrogen-bond acceptors (Lipinski definition) is 2. The number of amides is 2. The highest BCUT2D eigenvalue weighted by molar-refractivity contribution is 6.01. The topological polar surface area (TPSA) is 91.0 Å². The number of hydrogen-bond donors (Lipinski definition) is 4. The van der Waals surface area contributed by atoms with Crippen LogP contribution in [0.1, 0.15) is 5.56 Å². The van der Waals surface area contributed by atoms with Crippen molar-refractivity contribution in [2.75, 3.05) is 5.32 Å². The van der Waals surface area contributed by atoms with Crippen molar-refractivity contribution in [3.8, 4) is 0 Å². The summed E-state index contributed by atoms with van der Waals surface area (Å²) in [7, 11) is 0. The van der Waals surface area contributed by atoms with Gasteiger partial charge in [-0.05, 0) is 12.1 Å². The Balaban J connectivity index is 2.92. The van der Waals surface area contributed by atoms with Gasteiger partial charge in [0.15, 0.2) is 0 Å². The number of urea groups is 1. The molecule has 0 aliphatic rings. The lowest BCUT2D eigenvalue weighted by Gasteiger charge is -2.14. The maximum absolute atomic E-state index is 12.5. The van der Waals surface area contributed by atoms with Crippen LogP contribution in [0.3, 0.4) is 0 Å². The summed E-state index contributed by atoms with van der Waals surface area (Å²) in [4.78, 5) is 10.4. The quantitative estimate of drug-likeness (QED) is 0.449. The number of rotatable bonds is 1. The summed E-state index contributed by atoms with van der Waals surface area (Å²) in [6.07, 6.45) is -4.55. The van der Waals surface area contributed by atoms with Gasteiger partial charge < -0.3 is 11.1 Å². The van der Waals surface area contributed by atoms with Crippen LogP contribution in [-0.4, -0.2) is 12.0 Å². The van der Waals surface area contributed by atoms with Crippen LogP contribution in [0.25, 0.3) is 0 Å². The third-order valence-electron chi connectivity index (χ3n) is 1.74. The number of carbonyl (C=O) groups excluding carboxylic acids is 1. The first-order valence-corrected chi connectivity index (χ1v) is 4.39.